The summed E-state index contributed by atoms with van der Waals surface area (Å²) >= 11 is 6.14. The Kier molecular flexibility index (Phi) is 5.65. The highest BCUT2D eigenvalue weighted by atomic mass is 35.5. The van der Waals surface area contributed by atoms with Crippen molar-refractivity contribution >= 4 is 23.4 Å². The number of halogens is 4. The minimum absolute atomic E-state index is 0.0485. The molecule has 7 nitrogen and oxygen atoms in total. The fraction of sp³-hybridized carbons (Fsp3) is 0.400. The summed E-state index contributed by atoms with van der Waals surface area (Å²) in [5, 5.41) is 15.2. The average Bonchev–Trinajstić information content (AvgIpc) is 2.90. The molecular formula is C15H16ClF3N4O3. The van der Waals surface area contributed by atoms with E-state index in [2.05, 4.69) is 15.4 Å². The van der Waals surface area contributed by atoms with Crippen LogP contribution in [0.15, 0.2) is 12.3 Å². The Morgan fingerprint density at radius 1 is 1.50 bits per heavy atom. The van der Waals surface area contributed by atoms with Crippen molar-refractivity contribution in [3.8, 4) is 17.0 Å². The smallest absolute Gasteiger partial charge is 0.408 e. The number of nitrogens with zero attached hydrogens (tertiary/aromatic N) is 3. The van der Waals surface area contributed by atoms with E-state index in [0.717, 1.165) is 6.92 Å². The molecule has 0 saturated heterocycles. The van der Waals surface area contributed by atoms with Gasteiger partial charge in [-0.25, -0.2) is 9.78 Å². The number of methoxy groups -OCH3 is 1. The van der Waals surface area contributed by atoms with Gasteiger partial charge in [-0.2, -0.15) is 18.3 Å². The number of hydrogen-bond acceptors (Lipinski definition) is 5. The summed E-state index contributed by atoms with van der Waals surface area (Å²) < 4.78 is 44.6. The number of alkyl halides is 3. The number of pyridine rings is 1. The molecule has 2 rings (SSSR count). The second-order valence-corrected chi connectivity index (χ2v) is 5.69. The van der Waals surface area contributed by atoms with E-state index < -0.39 is 18.2 Å². The van der Waals surface area contributed by atoms with Gasteiger partial charge in [0.1, 0.15) is 22.6 Å². The van der Waals surface area contributed by atoms with Crippen molar-refractivity contribution in [3.63, 3.8) is 0 Å². The number of carboxylic acids is 1. The van der Waals surface area contributed by atoms with Crippen LogP contribution >= 0.6 is 11.6 Å². The summed E-state index contributed by atoms with van der Waals surface area (Å²) in [6, 6.07) is -0.532. The number of hydrogen-bond donors (Lipinski definition) is 2. The molecule has 2 N–H and O–H groups in total. The zero-order valence-electron chi connectivity index (χ0n) is 14.1. The Labute approximate surface area is 151 Å². The number of aromatic nitrogens is 3. The lowest BCUT2D eigenvalue weighted by molar-refractivity contribution is -0.138. The van der Waals surface area contributed by atoms with Gasteiger partial charge in [-0.3, -0.25) is 4.68 Å². The van der Waals surface area contributed by atoms with Crippen molar-refractivity contribution in [3.05, 3.63) is 23.0 Å². The quantitative estimate of drug-likeness (QED) is 0.779. The van der Waals surface area contributed by atoms with Gasteiger partial charge in [-0.05, 0) is 13.8 Å². The molecule has 0 saturated carbocycles. The van der Waals surface area contributed by atoms with E-state index in [-0.39, 0.29) is 28.0 Å². The first-order valence-corrected chi connectivity index (χ1v) is 7.85. The van der Waals surface area contributed by atoms with Crippen molar-refractivity contribution in [2.24, 2.45) is 0 Å². The molecule has 26 heavy (non-hydrogen) atoms. The molecule has 0 bridgehead atoms. The lowest BCUT2D eigenvalue weighted by atomic mass is 10.1. The highest BCUT2D eigenvalue weighted by molar-refractivity contribution is 6.35. The minimum Gasteiger partial charge on any atom is -0.496 e. The highest BCUT2D eigenvalue weighted by Gasteiger charge is 2.36. The third-order valence-corrected chi connectivity index (χ3v) is 3.95. The van der Waals surface area contributed by atoms with E-state index in [1.807, 2.05) is 0 Å². The summed E-state index contributed by atoms with van der Waals surface area (Å²) in [5.41, 5.74) is 0.231. The largest absolute Gasteiger partial charge is 0.496 e. The summed E-state index contributed by atoms with van der Waals surface area (Å²) in [6.45, 7) is 3.01. The van der Waals surface area contributed by atoms with Crippen LogP contribution in [0.1, 0.15) is 24.3 Å². The molecule has 0 radical (unpaired) electrons. The van der Waals surface area contributed by atoms with Crippen LogP contribution in [0, 0.1) is 0 Å². The first-order chi connectivity index (χ1) is 12.1. The molecule has 0 aliphatic rings. The first-order valence-electron chi connectivity index (χ1n) is 7.47. The third kappa shape index (κ3) is 3.85. The topological polar surface area (TPSA) is 89.3 Å². The number of anilines is 1. The van der Waals surface area contributed by atoms with Crippen LogP contribution in [-0.2, 0) is 6.54 Å². The van der Waals surface area contributed by atoms with Crippen molar-refractivity contribution in [2.75, 3.05) is 12.4 Å². The lowest BCUT2D eigenvalue weighted by Gasteiger charge is -2.19. The predicted octanol–water partition coefficient (Wildman–Crippen LogP) is 3.69. The van der Waals surface area contributed by atoms with Gasteiger partial charge in [-0.1, -0.05) is 11.6 Å². The maximum absolute atomic E-state index is 12.7. The van der Waals surface area contributed by atoms with Gasteiger partial charge >= 0.3 is 12.1 Å². The summed E-state index contributed by atoms with van der Waals surface area (Å²) in [4.78, 5) is 15.2. The number of rotatable bonds is 6. The van der Waals surface area contributed by atoms with Crippen LogP contribution in [0.3, 0.4) is 0 Å². The number of nitrogens with one attached hydrogen (secondary N) is 1. The molecule has 0 amide bonds. The number of carboxylic acid groups (broad SMARTS) is 1. The van der Waals surface area contributed by atoms with Gasteiger partial charge in [-0.15, -0.1) is 0 Å². The predicted molar refractivity (Wildman–Crippen MR) is 88.8 cm³/mol. The average molecular weight is 393 g/mol. The van der Waals surface area contributed by atoms with E-state index in [9.17, 15) is 18.0 Å². The molecule has 2 heterocycles. The van der Waals surface area contributed by atoms with Crippen LogP contribution in [0.5, 0.6) is 5.75 Å². The maximum Gasteiger partial charge on any atom is 0.408 e. The third-order valence-electron chi connectivity index (χ3n) is 3.59. The monoisotopic (exact) mass is 392 g/mol. The summed E-state index contributed by atoms with van der Waals surface area (Å²) in [5.74, 6) is -1.18. The van der Waals surface area contributed by atoms with Gasteiger partial charge in [0.05, 0.1) is 18.4 Å². The molecule has 2 aromatic rings. The summed E-state index contributed by atoms with van der Waals surface area (Å²) in [6.07, 6.45) is -3.18. The molecular weight excluding hydrogens is 377 g/mol. The molecule has 1 unspecified atom stereocenters. The van der Waals surface area contributed by atoms with Crippen LogP contribution in [-0.4, -0.2) is 45.2 Å². The molecule has 142 valence electrons. The van der Waals surface area contributed by atoms with Crippen LogP contribution in [0.2, 0.25) is 5.02 Å². The van der Waals surface area contributed by atoms with Crippen LogP contribution in [0.4, 0.5) is 19.0 Å². The minimum atomic E-state index is -4.44. The molecule has 2 aromatic heterocycles. The zero-order chi connectivity index (χ0) is 19.6. The van der Waals surface area contributed by atoms with Crippen molar-refractivity contribution < 1.29 is 27.8 Å². The Hall–Kier alpha value is -2.49. The van der Waals surface area contributed by atoms with E-state index in [1.165, 1.54) is 24.1 Å². The van der Waals surface area contributed by atoms with E-state index >= 15 is 0 Å². The Balaban J connectivity index is 2.50. The van der Waals surface area contributed by atoms with Crippen molar-refractivity contribution in [1.82, 2.24) is 14.8 Å². The molecule has 1 atom stereocenters. The molecule has 0 aliphatic carbocycles. The van der Waals surface area contributed by atoms with E-state index in [1.54, 1.807) is 6.92 Å². The van der Waals surface area contributed by atoms with Gasteiger partial charge in [0.15, 0.2) is 5.69 Å². The van der Waals surface area contributed by atoms with Crippen molar-refractivity contribution in [1.29, 1.82) is 0 Å². The molecule has 11 heteroatoms. The van der Waals surface area contributed by atoms with Gasteiger partial charge < -0.3 is 15.2 Å². The number of aryl methyl sites for hydroxylation is 1. The van der Waals surface area contributed by atoms with Gasteiger partial charge in [0.2, 0.25) is 0 Å². The Morgan fingerprint density at radius 3 is 2.65 bits per heavy atom. The van der Waals surface area contributed by atoms with E-state index in [4.69, 9.17) is 21.4 Å². The summed E-state index contributed by atoms with van der Waals surface area (Å²) in [7, 11) is 1.33. The molecule has 0 fully saturated rings. The maximum atomic E-state index is 12.7. The second-order valence-electron chi connectivity index (χ2n) is 5.31. The Morgan fingerprint density at radius 2 is 2.15 bits per heavy atom. The van der Waals surface area contributed by atoms with E-state index in [0.29, 0.717) is 12.1 Å². The first kappa shape index (κ1) is 19.8. The van der Waals surface area contributed by atoms with Crippen LogP contribution in [0.25, 0.3) is 11.3 Å². The van der Waals surface area contributed by atoms with Gasteiger partial charge in [0, 0.05) is 18.8 Å². The zero-order valence-corrected chi connectivity index (χ0v) is 14.8. The fourth-order valence-corrected chi connectivity index (χ4v) is 2.55. The molecule has 0 aromatic carbocycles. The number of aromatic carboxylic acids is 1. The standard InChI is InChI=1S/C15H16ClF3N4O3/c1-4-23-13(11(16)12(22-23)14(24)25)8-6-20-10(5-9(8)26-3)21-7(2)15(17,18)19/h5-7H,4H2,1-3H3,(H,20,21)(H,24,25). The fourth-order valence-electron chi connectivity index (χ4n) is 2.23. The SMILES string of the molecule is CCn1nc(C(=O)O)c(Cl)c1-c1cnc(NC(C)C(F)(F)F)cc1OC. The lowest BCUT2D eigenvalue weighted by Crippen LogP contribution is -2.33. The second kappa shape index (κ2) is 7.40. The van der Waals surface area contributed by atoms with Crippen molar-refractivity contribution in [2.45, 2.75) is 32.6 Å². The molecule has 0 aliphatic heterocycles. The number of ether oxygens (including phenoxy) is 1. The molecule has 0 spiro atoms. The normalized spacial score (nSPS) is 12.7. The number of carbonyl (C=O) groups is 1. The van der Waals surface area contributed by atoms with Gasteiger partial charge in [0.25, 0.3) is 0 Å². The Bertz CT molecular complexity index is 823. The van der Waals surface area contributed by atoms with Crippen LogP contribution < -0.4 is 10.1 Å². The highest BCUT2D eigenvalue weighted by Crippen LogP contribution is 2.37.